The van der Waals surface area contributed by atoms with E-state index in [0.29, 0.717) is 29.3 Å². The number of nitrogens with zero attached hydrogens (tertiary/aromatic N) is 2. The van der Waals surface area contributed by atoms with Gasteiger partial charge in [-0.05, 0) is 63.0 Å². The first kappa shape index (κ1) is 16.4. The Hall–Kier alpha value is -1.50. The molecule has 1 aromatic heterocycles. The third-order valence-electron chi connectivity index (χ3n) is 4.52. The van der Waals surface area contributed by atoms with E-state index in [0.717, 1.165) is 30.5 Å². The summed E-state index contributed by atoms with van der Waals surface area (Å²) < 4.78 is 27.9. The molecule has 1 aromatic carbocycles. The molecule has 6 heteroatoms. The van der Waals surface area contributed by atoms with Crippen molar-refractivity contribution in [2.24, 2.45) is 5.92 Å². The number of piperidine rings is 1. The molecular weight excluding hydrogens is 310 g/mol. The lowest BCUT2D eigenvalue weighted by molar-refractivity contribution is 0.263. The molecule has 124 valence electrons. The molecule has 0 unspecified atom stereocenters. The van der Waals surface area contributed by atoms with Crippen LogP contribution in [0.25, 0.3) is 10.9 Å². The van der Waals surface area contributed by atoms with Gasteiger partial charge in [0.2, 0.25) is 10.0 Å². The van der Waals surface area contributed by atoms with Gasteiger partial charge in [-0.1, -0.05) is 6.07 Å². The molecule has 1 saturated heterocycles. The highest BCUT2D eigenvalue weighted by Gasteiger charge is 2.31. The van der Waals surface area contributed by atoms with Gasteiger partial charge < -0.3 is 5.32 Å². The fourth-order valence-corrected chi connectivity index (χ4v) is 5.09. The van der Waals surface area contributed by atoms with Crippen LogP contribution in [-0.4, -0.2) is 44.4 Å². The van der Waals surface area contributed by atoms with Crippen LogP contribution >= 0.6 is 0 Å². The first-order valence-electron chi connectivity index (χ1n) is 8.03. The molecule has 1 aliphatic rings. The van der Waals surface area contributed by atoms with Gasteiger partial charge in [0.05, 0.1) is 10.4 Å². The largest absolute Gasteiger partial charge is 0.319 e. The molecule has 2 heterocycles. The van der Waals surface area contributed by atoms with E-state index in [9.17, 15) is 8.42 Å². The summed E-state index contributed by atoms with van der Waals surface area (Å²) in [6.07, 6.45) is 3.69. The van der Waals surface area contributed by atoms with Gasteiger partial charge in [-0.3, -0.25) is 4.98 Å². The Labute approximate surface area is 137 Å². The third kappa shape index (κ3) is 3.11. The summed E-state index contributed by atoms with van der Waals surface area (Å²) in [6, 6.07) is 7.20. The lowest BCUT2D eigenvalue weighted by Gasteiger charge is -2.32. The number of rotatable bonds is 4. The summed E-state index contributed by atoms with van der Waals surface area (Å²) in [5, 5.41) is 3.87. The second-order valence-corrected chi connectivity index (χ2v) is 8.12. The molecule has 0 spiro atoms. The van der Waals surface area contributed by atoms with Crippen LogP contribution < -0.4 is 5.32 Å². The first-order chi connectivity index (χ1) is 11.0. The van der Waals surface area contributed by atoms with Gasteiger partial charge in [-0.25, -0.2) is 8.42 Å². The Morgan fingerprint density at radius 3 is 2.96 bits per heavy atom. The minimum absolute atomic E-state index is 0.372. The average molecular weight is 333 g/mol. The van der Waals surface area contributed by atoms with Crippen LogP contribution in [0.2, 0.25) is 0 Å². The summed E-state index contributed by atoms with van der Waals surface area (Å²) in [4.78, 5) is 4.72. The SMILES string of the molecule is CNC[C@@H]1CCCN(S(=O)(=O)c2ccc(C)c3ncccc23)C1. The molecule has 1 atom stereocenters. The number of pyridine rings is 1. The van der Waals surface area contributed by atoms with E-state index >= 15 is 0 Å². The van der Waals surface area contributed by atoms with Gasteiger partial charge >= 0.3 is 0 Å². The molecule has 0 amide bonds. The number of hydrogen-bond donors (Lipinski definition) is 1. The van der Waals surface area contributed by atoms with Crippen LogP contribution in [0.5, 0.6) is 0 Å². The summed E-state index contributed by atoms with van der Waals surface area (Å²) in [5.74, 6) is 0.373. The highest BCUT2D eigenvalue weighted by atomic mass is 32.2. The Morgan fingerprint density at radius 2 is 2.17 bits per heavy atom. The average Bonchev–Trinajstić information content (AvgIpc) is 2.56. The van der Waals surface area contributed by atoms with Crippen LogP contribution in [0.4, 0.5) is 0 Å². The van der Waals surface area contributed by atoms with E-state index in [-0.39, 0.29) is 0 Å². The van der Waals surface area contributed by atoms with Crippen molar-refractivity contribution in [2.75, 3.05) is 26.7 Å². The molecule has 0 bridgehead atoms. The van der Waals surface area contributed by atoms with Gasteiger partial charge in [-0.2, -0.15) is 4.31 Å². The van der Waals surface area contributed by atoms with Crippen molar-refractivity contribution in [3.05, 3.63) is 36.0 Å². The molecule has 1 aliphatic heterocycles. The molecule has 1 N–H and O–H groups in total. The van der Waals surface area contributed by atoms with Crippen LogP contribution in [0, 0.1) is 12.8 Å². The quantitative estimate of drug-likeness (QED) is 0.931. The molecule has 23 heavy (non-hydrogen) atoms. The number of aromatic nitrogens is 1. The van der Waals surface area contributed by atoms with Crippen molar-refractivity contribution >= 4 is 20.9 Å². The monoisotopic (exact) mass is 333 g/mol. The summed E-state index contributed by atoms with van der Waals surface area (Å²) in [5.41, 5.74) is 1.75. The van der Waals surface area contributed by atoms with Gasteiger partial charge in [0, 0.05) is 24.7 Å². The summed E-state index contributed by atoms with van der Waals surface area (Å²) in [7, 11) is -1.58. The normalized spacial score (nSPS) is 20.0. The maximum absolute atomic E-state index is 13.1. The molecule has 0 radical (unpaired) electrons. The minimum Gasteiger partial charge on any atom is -0.319 e. The van der Waals surface area contributed by atoms with Crippen molar-refractivity contribution in [1.29, 1.82) is 0 Å². The number of sulfonamides is 1. The zero-order valence-electron chi connectivity index (χ0n) is 13.6. The number of fused-ring (bicyclic) bond motifs is 1. The number of hydrogen-bond acceptors (Lipinski definition) is 4. The topological polar surface area (TPSA) is 62.3 Å². The van der Waals surface area contributed by atoms with Gasteiger partial charge in [-0.15, -0.1) is 0 Å². The van der Waals surface area contributed by atoms with Crippen LogP contribution in [0.15, 0.2) is 35.4 Å². The Morgan fingerprint density at radius 1 is 1.35 bits per heavy atom. The second kappa shape index (κ2) is 6.55. The number of aryl methyl sites for hydroxylation is 1. The molecule has 1 fully saturated rings. The van der Waals surface area contributed by atoms with E-state index in [1.165, 1.54) is 0 Å². The summed E-state index contributed by atoms with van der Waals surface area (Å²) in [6.45, 7) is 3.98. The van der Waals surface area contributed by atoms with Gasteiger partial charge in [0.1, 0.15) is 0 Å². The predicted octanol–water partition coefficient (Wildman–Crippen LogP) is 2.16. The third-order valence-corrected chi connectivity index (χ3v) is 6.45. The molecular formula is C17H23N3O2S. The fourth-order valence-electron chi connectivity index (χ4n) is 3.35. The first-order valence-corrected chi connectivity index (χ1v) is 9.47. The highest BCUT2D eigenvalue weighted by Crippen LogP contribution is 2.29. The van der Waals surface area contributed by atoms with Crippen LogP contribution in [0.3, 0.4) is 0 Å². The number of benzene rings is 1. The van der Waals surface area contributed by atoms with E-state index in [2.05, 4.69) is 10.3 Å². The maximum Gasteiger partial charge on any atom is 0.243 e. The van der Waals surface area contributed by atoms with Crippen LogP contribution in [-0.2, 0) is 10.0 Å². The number of nitrogens with one attached hydrogen (secondary N) is 1. The van der Waals surface area contributed by atoms with Crippen molar-refractivity contribution in [3.8, 4) is 0 Å². The van der Waals surface area contributed by atoms with Crippen molar-refractivity contribution < 1.29 is 8.42 Å². The lowest BCUT2D eigenvalue weighted by Crippen LogP contribution is -2.42. The van der Waals surface area contributed by atoms with Crippen molar-refractivity contribution in [2.45, 2.75) is 24.7 Å². The maximum atomic E-state index is 13.1. The van der Waals surface area contributed by atoms with E-state index < -0.39 is 10.0 Å². The second-order valence-electron chi connectivity index (χ2n) is 6.21. The van der Waals surface area contributed by atoms with E-state index in [1.807, 2.05) is 26.1 Å². The molecule has 3 rings (SSSR count). The summed E-state index contributed by atoms with van der Waals surface area (Å²) >= 11 is 0. The predicted molar refractivity (Wildman–Crippen MR) is 91.9 cm³/mol. The van der Waals surface area contributed by atoms with Gasteiger partial charge in [0.25, 0.3) is 0 Å². The minimum atomic E-state index is -3.49. The lowest BCUT2D eigenvalue weighted by atomic mass is 10.00. The molecule has 2 aromatic rings. The molecule has 0 aliphatic carbocycles. The Bertz CT molecular complexity index is 803. The zero-order valence-corrected chi connectivity index (χ0v) is 14.4. The van der Waals surface area contributed by atoms with Crippen molar-refractivity contribution in [1.82, 2.24) is 14.6 Å². The Balaban J connectivity index is 2.02. The van der Waals surface area contributed by atoms with Crippen LogP contribution in [0.1, 0.15) is 18.4 Å². The molecule has 5 nitrogen and oxygen atoms in total. The fraction of sp³-hybridized carbons (Fsp3) is 0.471. The van der Waals surface area contributed by atoms with E-state index in [4.69, 9.17) is 0 Å². The van der Waals surface area contributed by atoms with Gasteiger partial charge in [0.15, 0.2) is 0 Å². The smallest absolute Gasteiger partial charge is 0.243 e. The molecule has 0 saturated carbocycles. The van der Waals surface area contributed by atoms with Crippen molar-refractivity contribution in [3.63, 3.8) is 0 Å². The zero-order chi connectivity index (χ0) is 16.4. The van der Waals surface area contributed by atoms with E-state index in [1.54, 1.807) is 22.6 Å². The standard InChI is InChI=1S/C17H23N3O2S/c1-13-7-8-16(15-6-3-9-19-17(13)15)23(21,22)20-10-4-5-14(12-20)11-18-2/h3,6-9,14,18H,4-5,10-12H2,1-2H3/t14-/m0/s1. The Kier molecular flexibility index (Phi) is 4.66. The highest BCUT2D eigenvalue weighted by molar-refractivity contribution is 7.89.